The number of phenols is 1. The van der Waals surface area contributed by atoms with Crippen molar-refractivity contribution < 1.29 is 48.8 Å². The van der Waals surface area contributed by atoms with Gasteiger partial charge in [0.15, 0.2) is 11.5 Å². The van der Waals surface area contributed by atoms with Crippen molar-refractivity contribution in [1.82, 2.24) is 4.90 Å². The number of nitrogens with zero attached hydrogens (tertiary/aromatic N) is 3. The first kappa shape index (κ1) is 50.4. The van der Waals surface area contributed by atoms with Crippen LogP contribution in [0.1, 0.15) is 139 Å². The van der Waals surface area contributed by atoms with Crippen LogP contribution >= 0.6 is 0 Å². The van der Waals surface area contributed by atoms with E-state index in [4.69, 9.17) is 28.9 Å². The molecule has 7 rings (SSSR count). The molecule has 4 aliphatic rings. The zero-order valence-electron chi connectivity index (χ0n) is 39.7. The Balaban J connectivity index is 1.35. The van der Waals surface area contributed by atoms with Gasteiger partial charge in [0, 0.05) is 56.2 Å². The van der Waals surface area contributed by atoms with Crippen LogP contribution in [0.25, 0.3) is 0 Å². The number of ether oxygens (including phenoxy) is 4. The van der Waals surface area contributed by atoms with Gasteiger partial charge in [0.25, 0.3) is 5.69 Å². The number of non-ortho nitro benzene ring substituents is 1. The monoisotopic (exact) mass is 938 g/mol. The van der Waals surface area contributed by atoms with Crippen LogP contribution in [-0.4, -0.2) is 75.2 Å². The molecule has 1 saturated carbocycles. The highest BCUT2D eigenvalue weighted by molar-refractivity contribution is 6.03. The lowest BCUT2D eigenvalue weighted by Gasteiger charge is -2.60. The molecule has 0 radical (unpaired) electrons. The quantitative estimate of drug-likeness (QED) is 0.0273. The van der Waals surface area contributed by atoms with Crippen LogP contribution in [0.2, 0.25) is 0 Å². The van der Waals surface area contributed by atoms with Crippen molar-refractivity contribution >= 4 is 17.3 Å². The van der Waals surface area contributed by atoms with Crippen LogP contribution < -0.4 is 14.2 Å². The normalized spacial score (nSPS) is 22.7. The fourth-order valence-electron chi connectivity index (χ4n) is 10.9. The highest BCUT2D eigenvalue weighted by Crippen LogP contribution is 2.62. The summed E-state index contributed by atoms with van der Waals surface area (Å²) in [5.41, 5.74) is 3.84. The molecule has 0 saturated heterocycles. The van der Waals surface area contributed by atoms with E-state index in [1.54, 1.807) is 36.4 Å². The number of oxime groups is 1. The molecule has 0 bridgehead atoms. The third kappa shape index (κ3) is 12.0. The number of aromatic hydroxyl groups is 1. The second-order valence-corrected chi connectivity index (χ2v) is 18.8. The summed E-state index contributed by atoms with van der Waals surface area (Å²) in [5, 5.41) is 47.4. The molecule has 2 aliphatic carbocycles. The van der Waals surface area contributed by atoms with Crippen molar-refractivity contribution in [2.24, 2.45) is 22.9 Å². The largest absolute Gasteiger partial charge is 0.508 e. The standard InChI is InChI=1S/C54H71N3O11/c1-3-5-6-7-8-9-10-11-12-19-51(61)56(35-39-22-26-48-49(31-39)65-37-64-48)50-34-46(55-67-36-38-20-23-41(24-21-38)57(62)63)44-32-40(17-13-15-28-58)43(18-14-16-29-59)52-45-33-42(60)25-27-47(45)68-54(50,53(44)52)66-30-4-2/h4,20-27,31-33,40,43,50,52-53,58-60H,2-3,5-19,28-30,34-37H2,1H3/t40-,43+,50-,52+,53+,54+/m0/s1. The van der Waals surface area contributed by atoms with Gasteiger partial charge in [0.1, 0.15) is 24.1 Å². The summed E-state index contributed by atoms with van der Waals surface area (Å²) in [5.74, 6) is -0.460. The zero-order chi connectivity index (χ0) is 47.9. The van der Waals surface area contributed by atoms with Gasteiger partial charge in [-0.15, -0.1) is 6.58 Å². The summed E-state index contributed by atoms with van der Waals surface area (Å²) >= 11 is 0. The number of unbranched alkanes of at least 4 members (excludes halogenated alkanes) is 10. The van der Waals surface area contributed by atoms with E-state index in [1.165, 1.54) is 44.2 Å². The van der Waals surface area contributed by atoms with Gasteiger partial charge in [0.05, 0.1) is 23.2 Å². The fraction of sp³-hybridized carbons (Fsp3) is 0.556. The Kier molecular flexibility index (Phi) is 18.3. The van der Waals surface area contributed by atoms with E-state index in [0.29, 0.717) is 47.8 Å². The van der Waals surface area contributed by atoms with Crippen molar-refractivity contribution in [2.45, 2.75) is 147 Å². The highest BCUT2D eigenvalue weighted by atomic mass is 16.7. The molecule has 3 aromatic carbocycles. The lowest BCUT2D eigenvalue weighted by atomic mass is 9.55. The van der Waals surface area contributed by atoms with E-state index in [2.05, 4.69) is 19.6 Å². The molecule has 2 heterocycles. The Hall–Kier alpha value is -5.44. The van der Waals surface area contributed by atoms with Crippen LogP contribution in [-0.2, 0) is 27.5 Å². The molecule has 0 aromatic heterocycles. The second-order valence-electron chi connectivity index (χ2n) is 18.8. The van der Waals surface area contributed by atoms with Gasteiger partial charge in [-0.05, 0) is 103 Å². The predicted octanol–water partition coefficient (Wildman–Crippen LogP) is 10.8. The number of fused-ring (bicyclic) bond motifs is 3. The molecule has 3 N–H and O–H groups in total. The molecular formula is C54H71N3O11. The van der Waals surface area contributed by atoms with E-state index in [9.17, 15) is 25.4 Å². The number of carbonyl (C=O) groups is 1. The maximum Gasteiger partial charge on any atom is 0.269 e. The lowest BCUT2D eigenvalue weighted by molar-refractivity contribution is -0.384. The summed E-state index contributed by atoms with van der Waals surface area (Å²) in [6, 6.07) is 16.4. The van der Waals surface area contributed by atoms with Gasteiger partial charge in [0.2, 0.25) is 18.5 Å². The van der Waals surface area contributed by atoms with E-state index in [0.717, 1.165) is 68.1 Å². The highest BCUT2D eigenvalue weighted by Gasteiger charge is 2.65. The van der Waals surface area contributed by atoms with Gasteiger partial charge in [-0.3, -0.25) is 14.9 Å². The average molecular weight is 938 g/mol. The lowest BCUT2D eigenvalue weighted by Crippen LogP contribution is -2.70. The summed E-state index contributed by atoms with van der Waals surface area (Å²) in [7, 11) is 0. The Morgan fingerprint density at radius 2 is 1.57 bits per heavy atom. The zero-order valence-corrected chi connectivity index (χ0v) is 39.7. The molecule has 0 spiro atoms. The van der Waals surface area contributed by atoms with Gasteiger partial charge >= 0.3 is 0 Å². The van der Waals surface area contributed by atoms with Crippen LogP contribution in [0.3, 0.4) is 0 Å². The molecule has 1 fully saturated rings. The number of phenolic OH excluding ortho intramolecular Hbond substituents is 1. The first-order valence-electron chi connectivity index (χ1n) is 25.0. The first-order valence-corrected chi connectivity index (χ1v) is 25.0. The van der Waals surface area contributed by atoms with E-state index in [-0.39, 0.29) is 81.3 Å². The second kappa shape index (κ2) is 24.7. The minimum atomic E-state index is -1.47. The van der Waals surface area contributed by atoms with Crippen molar-refractivity contribution in [2.75, 3.05) is 26.6 Å². The molecule has 68 heavy (non-hydrogen) atoms. The van der Waals surface area contributed by atoms with Crippen molar-refractivity contribution in [3.63, 3.8) is 0 Å². The molecule has 2 aliphatic heterocycles. The van der Waals surface area contributed by atoms with Gasteiger partial charge in [-0.25, -0.2) is 0 Å². The maximum absolute atomic E-state index is 15.3. The number of aliphatic hydroxyl groups excluding tert-OH is 2. The van der Waals surface area contributed by atoms with Crippen molar-refractivity contribution in [3.05, 3.63) is 112 Å². The Bertz CT molecular complexity index is 2210. The number of nitro benzene ring substituents is 1. The number of benzene rings is 3. The molecule has 0 unspecified atom stereocenters. The van der Waals surface area contributed by atoms with Crippen molar-refractivity contribution in [3.8, 4) is 23.0 Å². The van der Waals surface area contributed by atoms with Gasteiger partial charge < -0.3 is 44.0 Å². The van der Waals surface area contributed by atoms with Crippen LogP contribution in [0.4, 0.5) is 5.69 Å². The number of aliphatic hydroxyl groups is 2. The third-order valence-corrected chi connectivity index (χ3v) is 14.2. The molecule has 6 atom stereocenters. The summed E-state index contributed by atoms with van der Waals surface area (Å²) in [6.07, 6.45) is 18.8. The predicted molar refractivity (Wildman–Crippen MR) is 259 cm³/mol. The number of rotatable bonds is 28. The number of allylic oxidation sites excluding steroid dienone is 1. The van der Waals surface area contributed by atoms with E-state index >= 15 is 4.79 Å². The summed E-state index contributed by atoms with van der Waals surface area (Å²) in [6.45, 7) is 6.90. The third-order valence-electron chi connectivity index (χ3n) is 14.2. The van der Waals surface area contributed by atoms with Crippen molar-refractivity contribution in [1.29, 1.82) is 0 Å². The summed E-state index contributed by atoms with van der Waals surface area (Å²) in [4.78, 5) is 34.4. The van der Waals surface area contributed by atoms with Crippen LogP contribution in [0.15, 0.2) is 90.1 Å². The first-order chi connectivity index (χ1) is 33.2. The molecule has 1 amide bonds. The topological polar surface area (TPSA) is 183 Å². The van der Waals surface area contributed by atoms with E-state index in [1.807, 2.05) is 23.1 Å². The Morgan fingerprint density at radius 3 is 2.29 bits per heavy atom. The summed E-state index contributed by atoms with van der Waals surface area (Å²) < 4.78 is 26.0. The van der Waals surface area contributed by atoms with Crippen LogP contribution in [0, 0.1) is 27.9 Å². The van der Waals surface area contributed by atoms with Gasteiger partial charge in [-0.2, -0.15) is 0 Å². The van der Waals surface area contributed by atoms with E-state index < -0.39 is 22.7 Å². The van der Waals surface area contributed by atoms with Gasteiger partial charge in [-0.1, -0.05) is 94.5 Å². The average Bonchev–Trinajstić information content (AvgIpc) is 3.82. The van der Waals surface area contributed by atoms with Crippen LogP contribution in [0.5, 0.6) is 23.0 Å². The Morgan fingerprint density at radius 1 is 0.882 bits per heavy atom. The molecule has 14 heteroatoms. The SMILES string of the molecule is C=CCO[C@@]12Oc3ccc(O)cc3[C@H]3[C@H](CCCCO)[C@@H](CCCCO)C=C(C(=NOCc4ccc([N+](=O)[O-])cc4)C[C@@H]1N(Cc1ccc4c(c1)OCO4)C(=O)CCCCCCCCCCC)[C@H]32. The number of nitro groups is 1. The molecule has 3 aromatic rings. The minimum absolute atomic E-state index is 0.00818. The molecular weight excluding hydrogens is 867 g/mol. The number of hydrogen-bond donors (Lipinski definition) is 3. The minimum Gasteiger partial charge on any atom is -0.508 e. The number of hydrogen-bond acceptors (Lipinski definition) is 12. The number of amides is 1. The fourth-order valence-corrected chi connectivity index (χ4v) is 10.9. The molecule has 14 nitrogen and oxygen atoms in total. The molecule has 368 valence electrons. The Labute approximate surface area is 401 Å². The number of carbonyl (C=O) groups excluding carboxylic acids is 1. The maximum atomic E-state index is 15.3. The smallest absolute Gasteiger partial charge is 0.269 e.